The number of hydrogen-bond donors (Lipinski definition) is 1. The lowest BCUT2D eigenvalue weighted by Crippen LogP contribution is -1.90. The van der Waals surface area contributed by atoms with Crippen LogP contribution in [0.1, 0.15) is 13.3 Å². The molecule has 0 radical (unpaired) electrons. The molecule has 0 unspecified atom stereocenters. The van der Waals surface area contributed by atoms with Gasteiger partial charge in [-0.05, 0) is 0 Å². The highest BCUT2D eigenvalue weighted by Crippen LogP contribution is 1.84. The Bertz CT molecular complexity index is 166. The molecule has 3 heteroatoms. The van der Waals surface area contributed by atoms with Gasteiger partial charge in [0.1, 0.15) is 0 Å². The highest BCUT2D eigenvalue weighted by atomic mass is 32.1. The van der Waals surface area contributed by atoms with Gasteiger partial charge in [-0.15, -0.1) is 0 Å². The third-order valence-electron chi connectivity index (χ3n) is 1.06. The molecular weight excluding hydrogens is 172 g/mol. The molecule has 0 aliphatic carbocycles. The molecule has 0 bridgehead atoms. The smallest absolute Gasteiger partial charge is 0.317 e. The fraction of sp³-hybridized carbons (Fsp3) is 0.222. The predicted molar refractivity (Wildman–Crippen MR) is 51.8 cm³/mol. The monoisotopic (exact) mass is 184 g/mol. The van der Waals surface area contributed by atoms with Crippen molar-refractivity contribution in [2.45, 2.75) is 13.3 Å². The lowest BCUT2D eigenvalue weighted by Gasteiger charge is -1.84. The third kappa shape index (κ3) is 7.15. The normalized spacial score (nSPS) is 7.83. The Kier molecular flexibility index (Phi) is 7.49. The number of carbonyl (C=O) groups excluding carboxylic acids is 1. The Morgan fingerprint density at radius 2 is 1.50 bits per heavy atom. The van der Waals surface area contributed by atoms with Crippen LogP contribution in [-0.4, -0.2) is 5.97 Å². The van der Waals surface area contributed by atoms with Crippen LogP contribution in [0.4, 0.5) is 0 Å². The molecule has 0 fully saturated rings. The minimum atomic E-state index is -0.293. The minimum absolute atomic E-state index is 0.293. The van der Waals surface area contributed by atoms with Crippen LogP contribution in [0.2, 0.25) is 0 Å². The fourth-order valence-electron chi connectivity index (χ4n) is 0.449. The van der Waals surface area contributed by atoms with Gasteiger partial charge in [0.25, 0.3) is 0 Å². The van der Waals surface area contributed by atoms with Gasteiger partial charge in [0.2, 0.25) is 0 Å². The lowest BCUT2D eigenvalue weighted by molar-refractivity contribution is -0.132. The van der Waals surface area contributed by atoms with Gasteiger partial charge in [0.15, 0.2) is 0 Å². The number of benzene rings is 1. The zero-order valence-corrected chi connectivity index (χ0v) is 7.83. The Balaban J connectivity index is 0.000000202. The first kappa shape index (κ1) is 11.0. The molecule has 0 saturated heterocycles. The van der Waals surface area contributed by atoms with Crippen molar-refractivity contribution in [3.8, 4) is 0 Å². The maximum atomic E-state index is 9.88. The largest absolute Gasteiger partial charge is 0.395 e. The van der Waals surface area contributed by atoms with Gasteiger partial charge in [-0.3, -0.25) is 4.79 Å². The second-order valence-corrected chi connectivity index (χ2v) is 2.15. The Morgan fingerprint density at radius 3 is 1.58 bits per heavy atom. The van der Waals surface area contributed by atoms with Crippen molar-refractivity contribution < 1.29 is 8.98 Å². The van der Waals surface area contributed by atoms with E-state index < -0.39 is 0 Å². The summed E-state index contributed by atoms with van der Waals surface area (Å²) in [5.74, 6) is -0.293. The molecule has 0 atom stereocenters. The van der Waals surface area contributed by atoms with E-state index in [1.54, 1.807) is 6.92 Å². The minimum Gasteiger partial charge on any atom is -0.395 e. The topological polar surface area (TPSA) is 26.3 Å². The number of rotatable bonds is 1. The van der Waals surface area contributed by atoms with E-state index in [2.05, 4.69) is 17.1 Å². The number of carbonyl (C=O) groups is 1. The molecule has 2 nitrogen and oxygen atoms in total. The van der Waals surface area contributed by atoms with Crippen molar-refractivity contribution in [3.63, 3.8) is 0 Å². The molecule has 0 spiro atoms. The quantitative estimate of drug-likeness (QED) is 0.536. The predicted octanol–water partition coefficient (Wildman–Crippen LogP) is 2.47. The molecular formula is C9H12O2S. The van der Waals surface area contributed by atoms with E-state index in [0.29, 0.717) is 6.42 Å². The van der Waals surface area contributed by atoms with Crippen LogP contribution in [0.25, 0.3) is 0 Å². The zero-order chi connectivity index (χ0) is 9.23. The summed E-state index contributed by atoms with van der Waals surface area (Å²) in [4.78, 5) is 9.88. The molecule has 0 N–H and O–H groups in total. The highest BCUT2D eigenvalue weighted by Gasteiger charge is 1.89. The Hall–Kier alpha value is -0.960. The van der Waals surface area contributed by atoms with Gasteiger partial charge in [0.05, 0.1) is 0 Å². The molecule has 0 aliphatic heterocycles. The van der Waals surface area contributed by atoms with Crippen LogP contribution >= 0.6 is 12.9 Å². The molecule has 1 aromatic carbocycles. The van der Waals surface area contributed by atoms with Crippen LogP contribution in [0, 0.1) is 0 Å². The van der Waals surface area contributed by atoms with Crippen molar-refractivity contribution in [1.82, 2.24) is 0 Å². The van der Waals surface area contributed by atoms with Crippen molar-refractivity contribution >= 4 is 18.9 Å². The third-order valence-corrected chi connectivity index (χ3v) is 1.26. The average molecular weight is 184 g/mol. The van der Waals surface area contributed by atoms with Crippen molar-refractivity contribution in [2.24, 2.45) is 0 Å². The maximum absolute atomic E-state index is 9.88. The number of hydrogen-bond acceptors (Lipinski definition) is 3. The van der Waals surface area contributed by atoms with Crippen LogP contribution in [0.5, 0.6) is 0 Å². The summed E-state index contributed by atoms with van der Waals surface area (Å²) >= 11 is 3.25. The van der Waals surface area contributed by atoms with Gasteiger partial charge in [-0.25, -0.2) is 0 Å². The summed E-state index contributed by atoms with van der Waals surface area (Å²) in [6.07, 6.45) is 0.392. The Morgan fingerprint density at radius 1 is 1.17 bits per heavy atom. The summed E-state index contributed by atoms with van der Waals surface area (Å²) in [6.45, 7) is 1.71. The van der Waals surface area contributed by atoms with Crippen LogP contribution in [0.3, 0.4) is 0 Å². The van der Waals surface area contributed by atoms with Crippen molar-refractivity contribution in [1.29, 1.82) is 0 Å². The van der Waals surface area contributed by atoms with Gasteiger partial charge in [-0.1, -0.05) is 43.3 Å². The average Bonchev–Trinajstić information content (AvgIpc) is 2.20. The number of thiol groups is 1. The van der Waals surface area contributed by atoms with E-state index >= 15 is 0 Å². The first-order valence-corrected chi connectivity index (χ1v) is 4.02. The molecule has 0 aliphatic rings. The summed E-state index contributed by atoms with van der Waals surface area (Å²) in [5, 5.41) is 0. The Labute approximate surface area is 78.2 Å². The molecule has 1 aromatic rings. The van der Waals surface area contributed by atoms with Crippen LogP contribution in [-0.2, 0) is 8.98 Å². The fourth-order valence-corrected chi connectivity index (χ4v) is 0.579. The van der Waals surface area contributed by atoms with E-state index in [9.17, 15) is 4.79 Å². The van der Waals surface area contributed by atoms with E-state index in [4.69, 9.17) is 0 Å². The first-order valence-electron chi connectivity index (χ1n) is 3.65. The SMILES string of the molecule is CCC(=O)OS.c1ccccc1. The van der Waals surface area contributed by atoms with E-state index in [1.807, 2.05) is 36.4 Å². The van der Waals surface area contributed by atoms with Crippen LogP contribution < -0.4 is 0 Å². The molecule has 0 aromatic heterocycles. The second kappa shape index (κ2) is 8.14. The molecule has 0 amide bonds. The van der Waals surface area contributed by atoms with Crippen molar-refractivity contribution in [2.75, 3.05) is 0 Å². The highest BCUT2D eigenvalue weighted by molar-refractivity contribution is 7.75. The van der Waals surface area contributed by atoms with E-state index in [-0.39, 0.29) is 5.97 Å². The van der Waals surface area contributed by atoms with E-state index in [0.717, 1.165) is 0 Å². The summed E-state index contributed by atoms with van der Waals surface area (Å²) in [7, 11) is 0. The summed E-state index contributed by atoms with van der Waals surface area (Å²) in [6, 6.07) is 12.0. The zero-order valence-electron chi connectivity index (χ0n) is 6.93. The summed E-state index contributed by atoms with van der Waals surface area (Å²) < 4.78 is 3.95. The van der Waals surface area contributed by atoms with Gasteiger partial charge >= 0.3 is 5.97 Å². The van der Waals surface area contributed by atoms with Crippen LogP contribution in [0.15, 0.2) is 36.4 Å². The standard InChI is InChI=1S/C6H6.C3H6O2S/c1-2-4-6-5-3-1;1-2-3(4)5-6/h1-6H;6H,2H2,1H3. The molecule has 12 heavy (non-hydrogen) atoms. The molecule has 0 heterocycles. The summed E-state index contributed by atoms with van der Waals surface area (Å²) in [5.41, 5.74) is 0. The molecule has 66 valence electrons. The second-order valence-electron chi connectivity index (χ2n) is 1.97. The first-order chi connectivity index (χ1) is 5.81. The van der Waals surface area contributed by atoms with Gasteiger partial charge in [-0.2, -0.15) is 0 Å². The molecule has 1 rings (SSSR count). The van der Waals surface area contributed by atoms with Gasteiger partial charge in [0, 0.05) is 19.3 Å². The lowest BCUT2D eigenvalue weighted by atomic mass is 10.4. The van der Waals surface area contributed by atoms with Crippen molar-refractivity contribution in [3.05, 3.63) is 36.4 Å². The maximum Gasteiger partial charge on any atom is 0.317 e. The van der Waals surface area contributed by atoms with E-state index in [1.165, 1.54) is 0 Å². The van der Waals surface area contributed by atoms with Gasteiger partial charge < -0.3 is 4.18 Å². The molecule has 0 saturated carbocycles.